The second-order valence-corrected chi connectivity index (χ2v) is 8.31. The average Bonchev–Trinajstić information content (AvgIpc) is 2.36. The maximum atomic E-state index is 13.1. The van der Waals surface area contributed by atoms with E-state index in [2.05, 4.69) is 18.7 Å². The van der Waals surface area contributed by atoms with E-state index >= 15 is 0 Å². The van der Waals surface area contributed by atoms with Gasteiger partial charge >= 0.3 is 6.18 Å². The number of hydrogen-bond acceptors (Lipinski definition) is 3. The van der Waals surface area contributed by atoms with Crippen molar-refractivity contribution in [3.05, 3.63) is 0 Å². The highest BCUT2D eigenvalue weighted by atomic mass is 32.2. The summed E-state index contributed by atoms with van der Waals surface area (Å²) in [7, 11) is 0. The van der Waals surface area contributed by atoms with E-state index in [4.69, 9.17) is 5.73 Å². The lowest BCUT2D eigenvalue weighted by Gasteiger charge is -2.51. The highest BCUT2D eigenvalue weighted by molar-refractivity contribution is 8.00. The molecule has 2 N–H and O–H groups in total. The first-order chi connectivity index (χ1) is 9.27. The number of thioether (sulfide) groups is 1. The summed E-state index contributed by atoms with van der Waals surface area (Å²) < 4.78 is 39.2. The van der Waals surface area contributed by atoms with Gasteiger partial charge in [-0.15, -0.1) is 0 Å². The van der Waals surface area contributed by atoms with Gasteiger partial charge in [-0.05, 0) is 19.3 Å². The first-order valence-electron chi connectivity index (χ1n) is 7.44. The lowest BCUT2D eigenvalue weighted by molar-refractivity contribution is -0.193. The van der Waals surface area contributed by atoms with Gasteiger partial charge in [0.05, 0.1) is 5.92 Å². The fourth-order valence-electron chi connectivity index (χ4n) is 3.79. The first-order valence-corrected chi connectivity index (χ1v) is 8.38. The molecule has 4 unspecified atom stereocenters. The summed E-state index contributed by atoms with van der Waals surface area (Å²) in [5.74, 6) is -1.18. The summed E-state index contributed by atoms with van der Waals surface area (Å²) in [6.07, 6.45) is -2.20. The number of hydrogen-bond donors (Lipinski definition) is 1. The minimum Gasteiger partial charge on any atom is -0.329 e. The zero-order valence-corrected chi connectivity index (χ0v) is 13.1. The molecule has 0 aromatic rings. The number of rotatable bonds is 2. The Balaban J connectivity index is 2.15. The molecule has 4 atom stereocenters. The Morgan fingerprint density at radius 3 is 2.35 bits per heavy atom. The van der Waals surface area contributed by atoms with Crippen LogP contribution in [-0.4, -0.2) is 46.7 Å². The van der Waals surface area contributed by atoms with Crippen LogP contribution in [0.1, 0.15) is 39.5 Å². The van der Waals surface area contributed by atoms with Crippen LogP contribution in [0.5, 0.6) is 0 Å². The first kappa shape index (κ1) is 16.4. The zero-order chi connectivity index (χ0) is 15.0. The van der Waals surface area contributed by atoms with E-state index in [1.807, 2.05) is 11.8 Å². The molecule has 0 aromatic carbocycles. The number of alkyl halides is 3. The van der Waals surface area contributed by atoms with Crippen LogP contribution in [0.25, 0.3) is 0 Å². The number of nitrogens with zero attached hydrogens (tertiary/aromatic N) is 1. The van der Waals surface area contributed by atoms with Gasteiger partial charge in [0.2, 0.25) is 0 Å². The Bertz CT molecular complexity index is 327. The van der Waals surface area contributed by atoms with E-state index in [0.29, 0.717) is 23.5 Å². The van der Waals surface area contributed by atoms with Crippen molar-refractivity contribution in [1.82, 2.24) is 4.90 Å². The summed E-state index contributed by atoms with van der Waals surface area (Å²) in [5.41, 5.74) is 5.51. The van der Waals surface area contributed by atoms with Crippen molar-refractivity contribution in [2.75, 3.05) is 19.6 Å². The van der Waals surface area contributed by atoms with E-state index in [9.17, 15) is 13.2 Å². The van der Waals surface area contributed by atoms with Crippen molar-refractivity contribution in [1.29, 1.82) is 0 Å². The third kappa shape index (κ3) is 3.45. The molecule has 0 bridgehead atoms. The topological polar surface area (TPSA) is 29.3 Å². The lowest BCUT2D eigenvalue weighted by atomic mass is 9.74. The molecule has 20 heavy (non-hydrogen) atoms. The molecule has 1 heterocycles. The van der Waals surface area contributed by atoms with Gasteiger partial charge in [0.1, 0.15) is 0 Å². The molecule has 1 saturated carbocycles. The van der Waals surface area contributed by atoms with Crippen molar-refractivity contribution < 1.29 is 13.2 Å². The van der Waals surface area contributed by atoms with E-state index in [1.54, 1.807) is 0 Å². The molecule has 2 fully saturated rings. The van der Waals surface area contributed by atoms with Crippen LogP contribution in [0.3, 0.4) is 0 Å². The molecule has 118 valence electrons. The number of nitrogens with two attached hydrogens (primary N) is 1. The molecule has 0 spiro atoms. The van der Waals surface area contributed by atoms with Crippen LogP contribution in [0.2, 0.25) is 0 Å². The van der Waals surface area contributed by atoms with Crippen LogP contribution in [0.15, 0.2) is 0 Å². The predicted octanol–water partition coefficient (Wildman–Crippen LogP) is 3.26. The smallest absolute Gasteiger partial charge is 0.329 e. The van der Waals surface area contributed by atoms with Crippen molar-refractivity contribution >= 4 is 11.8 Å². The molecule has 2 aliphatic rings. The molecule has 0 radical (unpaired) electrons. The second-order valence-electron chi connectivity index (χ2n) is 6.43. The number of halogens is 3. The monoisotopic (exact) mass is 310 g/mol. The molecule has 0 amide bonds. The molecule has 1 aliphatic heterocycles. The Labute approximate surface area is 123 Å². The van der Waals surface area contributed by atoms with E-state index in [1.165, 1.54) is 0 Å². The largest absolute Gasteiger partial charge is 0.391 e. The van der Waals surface area contributed by atoms with Crippen LogP contribution < -0.4 is 5.73 Å². The molecule has 2 rings (SSSR count). The Hall–Kier alpha value is 0.0600. The van der Waals surface area contributed by atoms with E-state index < -0.39 is 17.6 Å². The molecule has 1 aliphatic carbocycles. The van der Waals surface area contributed by atoms with Crippen LogP contribution in [0, 0.1) is 5.92 Å². The van der Waals surface area contributed by atoms with Crippen LogP contribution in [-0.2, 0) is 0 Å². The minimum atomic E-state index is -4.08. The average molecular weight is 310 g/mol. The summed E-state index contributed by atoms with van der Waals surface area (Å²) >= 11 is 1.92. The van der Waals surface area contributed by atoms with E-state index in [0.717, 1.165) is 19.5 Å². The molecular weight excluding hydrogens is 285 g/mol. The molecular formula is C14H25F3N2S. The SMILES string of the molecule is CC1CN(C2(CN)CCCC(C(F)(F)F)C2)CC(C)S1. The van der Waals surface area contributed by atoms with Gasteiger partial charge in [-0.2, -0.15) is 24.9 Å². The summed E-state index contributed by atoms with van der Waals surface area (Å²) in [4.78, 5) is 2.26. The maximum absolute atomic E-state index is 13.1. The van der Waals surface area contributed by atoms with Gasteiger partial charge in [0.15, 0.2) is 0 Å². The highest BCUT2D eigenvalue weighted by Crippen LogP contribution is 2.45. The zero-order valence-electron chi connectivity index (χ0n) is 12.2. The van der Waals surface area contributed by atoms with Gasteiger partial charge in [-0.25, -0.2) is 0 Å². The Kier molecular flexibility index (Phi) is 4.97. The van der Waals surface area contributed by atoms with Gasteiger partial charge in [-0.3, -0.25) is 4.90 Å². The minimum absolute atomic E-state index is 0.178. The standard InChI is InChI=1S/C14H25F3N2S/c1-10-7-19(8-11(2)20-10)13(9-18)5-3-4-12(6-13)14(15,16)17/h10-12H,3-9,18H2,1-2H3. The summed E-state index contributed by atoms with van der Waals surface area (Å²) in [6, 6.07) is 0. The summed E-state index contributed by atoms with van der Waals surface area (Å²) in [5, 5.41) is 0.932. The van der Waals surface area contributed by atoms with Crippen molar-refractivity contribution in [2.45, 2.75) is 61.7 Å². The summed E-state index contributed by atoms with van der Waals surface area (Å²) in [6.45, 7) is 6.36. The normalized spacial score (nSPS) is 40.8. The van der Waals surface area contributed by atoms with Gasteiger partial charge < -0.3 is 5.73 Å². The van der Waals surface area contributed by atoms with Crippen molar-refractivity contribution in [2.24, 2.45) is 11.7 Å². The van der Waals surface area contributed by atoms with Crippen LogP contribution >= 0.6 is 11.8 Å². The quantitative estimate of drug-likeness (QED) is 0.849. The van der Waals surface area contributed by atoms with Crippen LogP contribution in [0.4, 0.5) is 13.2 Å². The third-order valence-electron chi connectivity index (χ3n) is 4.75. The Morgan fingerprint density at radius 2 is 1.85 bits per heavy atom. The van der Waals surface area contributed by atoms with Gasteiger partial charge in [0.25, 0.3) is 0 Å². The molecule has 0 aromatic heterocycles. The van der Waals surface area contributed by atoms with Gasteiger partial charge in [0, 0.05) is 35.7 Å². The Morgan fingerprint density at radius 1 is 1.25 bits per heavy atom. The highest BCUT2D eigenvalue weighted by Gasteiger charge is 2.50. The lowest BCUT2D eigenvalue weighted by Crippen LogP contribution is -2.61. The fraction of sp³-hybridized carbons (Fsp3) is 1.00. The second kappa shape index (κ2) is 6.05. The maximum Gasteiger partial charge on any atom is 0.391 e. The predicted molar refractivity (Wildman–Crippen MR) is 77.9 cm³/mol. The fourth-order valence-corrected chi connectivity index (χ4v) is 5.11. The molecule has 1 saturated heterocycles. The third-order valence-corrected chi connectivity index (χ3v) is 5.98. The molecule has 2 nitrogen and oxygen atoms in total. The van der Waals surface area contributed by atoms with Crippen molar-refractivity contribution in [3.8, 4) is 0 Å². The van der Waals surface area contributed by atoms with Gasteiger partial charge in [-0.1, -0.05) is 20.3 Å². The van der Waals surface area contributed by atoms with E-state index in [-0.39, 0.29) is 12.8 Å². The van der Waals surface area contributed by atoms with Crippen molar-refractivity contribution in [3.63, 3.8) is 0 Å². The molecule has 6 heteroatoms.